The molecule has 20 heavy (non-hydrogen) atoms. The number of hydrogen-bond acceptors (Lipinski definition) is 3. The summed E-state index contributed by atoms with van der Waals surface area (Å²) in [7, 11) is 0. The lowest BCUT2D eigenvalue weighted by Crippen LogP contribution is -2.49. The smallest absolute Gasteiger partial charge is 0.326 e. The molecule has 1 amide bonds. The number of benzene rings is 1. The molecule has 0 radical (unpaired) electrons. The molecular weight excluding hydrogens is 256 g/mol. The molecule has 0 saturated carbocycles. The molecule has 0 aliphatic rings. The Labute approximate surface area is 119 Å². The monoisotopic (exact) mass is 278 g/mol. The second kappa shape index (κ2) is 6.52. The minimum atomic E-state index is -1.04. The summed E-state index contributed by atoms with van der Waals surface area (Å²) in [5.74, 6) is -1.42. The highest BCUT2D eigenvalue weighted by Crippen LogP contribution is 2.20. The van der Waals surface area contributed by atoms with Gasteiger partial charge in [-0.25, -0.2) is 4.79 Å². The number of nitrogens with one attached hydrogen (secondary N) is 1. The van der Waals surface area contributed by atoms with Crippen LogP contribution in [-0.4, -0.2) is 29.6 Å². The molecule has 0 aliphatic carbocycles. The van der Waals surface area contributed by atoms with E-state index in [9.17, 15) is 14.7 Å². The van der Waals surface area contributed by atoms with Crippen LogP contribution in [0, 0.1) is 5.41 Å². The largest absolute Gasteiger partial charge is 0.480 e. The van der Waals surface area contributed by atoms with E-state index >= 15 is 0 Å². The maximum absolute atomic E-state index is 12.3. The van der Waals surface area contributed by atoms with Crippen LogP contribution < -0.4 is 11.1 Å². The second-order valence-electron chi connectivity index (χ2n) is 5.81. The van der Waals surface area contributed by atoms with E-state index in [1.54, 1.807) is 32.9 Å². The molecule has 1 aromatic rings. The van der Waals surface area contributed by atoms with Gasteiger partial charge in [0.15, 0.2) is 0 Å². The van der Waals surface area contributed by atoms with E-state index in [2.05, 4.69) is 5.32 Å². The van der Waals surface area contributed by atoms with Gasteiger partial charge in [-0.15, -0.1) is 0 Å². The second-order valence-corrected chi connectivity index (χ2v) is 5.81. The third-order valence-electron chi connectivity index (χ3n) is 3.06. The molecule has 110 valence electrons. The first-order valence-corrected chi connectivity index (χ1v) is 6.59. The first-order chi connectivity index (χ1) is 9.27. The van der Waals surface area contributed by atoms with Gasteiger partial charge in [0.05, 0.1) is 0 Å². The van der Waals surface area contributed by atoms with E-state index in [0.29, 0.717) is 18.5 Å². The van der Waals surface area contributed by atoms with Crippen molar-refractivity contribution in [2.45, 2.75) is 33.2 Å². The quantitative estimate of drug-likeness (QED) is 0.759. The molecule has 1 aromatic carbocycles. The van der Waals surface area contributed by atoms with Crippen LogP contribution in [-0.2, 0) is 11.2 Å². The summed E-state index contributed by atoms with van der Waals surface area (Å²) in [5.41, 5.74) is 6.26. The fourth-order valence-corrected chi connectivity index (χ4v) is 1.97. The van der Waals surface area contributed by atoms with Crippen LogP contribution in [0.3, 0.4) is 0 Å². The highest BCUT2D eigenvalue weighted by atomic mass is 16.4. The molecular formula is C15H22N2O3. The zero-order valence-electron chi connectivity index (χ0n) is 12.1. The highest BCUT2D eigenvalue weighted by molar-refractivity contribution is 5.98. The third-order valence-corrected chi connectivity index (χ3v) is 3.06. The number of amides is 1. The molecule has 0 spiro atoms. The van der Waals surface area contributed by atoms with Crippen molar-refractivity contribution in [3.05, 3.63) is 35.4 Å². The van der Waals surface area contributed by atoms with Crippen molar-refractivity contribution < 1.29 is 14.7 Å². The fraction of sp³-hybridized carbons (Fsp3) is 0.467. The van der Waals surface area contributed by atoms with Gasteiger partial charge >= 0.3 is 5.97 Å². The molecule has 4 N–H and O–H groups in total. The van der Waals surface area contributed by atoms with Crippen LogP contribution in [0.25, 0.3) is 0 Å². The van der Waals surface area contributed by atoms with Gasteiger partial charge in [0.25, 0.3) is 5.91 Å². The Morgan fingerprint density at radius 1 is 1.30 bits per heavy atom. The van der Waals surface area contributed by atoms with E-state index in [4.69, 9.17) is 5.73 Å². The number of carbonyl (C=O) groups excluding carboxylic acids is 1. The van der Waals surface area contributed by atoms with Crippen LogP contribution >= 0.6 is 0 Å². The van der Waals surface area contributed by atoms with Crippen LogP contribution in [0.2, 0.25) is 0 Å². The Morgan fingerprint density at radius 3 is 2.40 bits per heavy atom. The van der Waals surface area contributed by atoms with Crippen molar-refractivity contribution in [1.29, 1.82) is 0 Å². The van der Waals surface area contributed by atoms with E-state index in [-0.39, 0.29) is 5.91 Å². The lowest BCUT2D eigenvalue weighted by molar-refractivity contribution is -0.142. The maximum Gasteiger partial charge on any atom is 0.326 e. The van der Waals surface area contributed by atoms with Gasteiger partial charge in [-0.3, -0.25) is 4.79 Å². The number of carboxylic acids is 1. The van der Waals surface area contributed by atoms with Crippen LogP contribution in [0.4, 0.5) is 0 Å². The molecule has 1 rings (SSSR count). The minimum absolute atomic E-state index is 0.378. The summed E-state index contributed by atoms with van der Waals surface area (Å²) >= 11 is 0. The molecule has 5 nitrogen and oxygen atoms in total. The van der Waals surface area contributed by atoms with Gasteiger partial charge in [0, 0.05) is 5.56 Å². The maximum atomic E-state index is 12.3. The topological polar surface area (TPSA) is 92.4 Å². The summed E-state index contributed by atoms with van der Waals surface area (Å²) in [6.07, 6.45) is 0.580. The predicted molar refractivity (Wildman–Crippen MR) is 77.5 cm³/mol. The van der Waals surface area contributed by atoms with Crippen molar-refractivity contribution in [2.24, 2.45) is 11.1 Å². The normalized spacial score (nSPS) is 12.8. The van der Waals surface area contributed by atoms with E-state index in [1.807, 2.05) is 12.1 Å². The number of carbonyl (C=O) groups is 2. The molecule has 0 unspecified atom stereocenters. The lowest BCUT2D eigenvalue weighted by atomic mass is 9.86. The molecule has 1 atom stereocenters. The summed E-state index contributed by atoms with van der Waals surface area (Å²) in [4.78, 5) is 23.6. The minimum Gasteiger partial charge on any atom is -0.480 e. The first-order valence-electron chi connectivity index (χ1n) is 6.59. The number of nitrogens with two attached hydrogens (primary N) is 1. The predicted octanol–water partition coefficient (Wildman–Crippen LogP) is 1.42. The van der Waals surface area contributed by atoms with Crippen LogP contribution in [0.15, 0.2) is 24.3 Å². The average Bonchev–Trinajstić information content (AvgIpc) is 2.35. The number of aliphatic carboxylic acids is 1. The lowest BCUT2D eigenvalue weighted by Gasteiger charge is -2.28. The highest BCUT2D eigenvalue weighted by Gasteiger charge is 2.33. The van der Waals surface area contributed by atoms with Gasteiger partial charge < -0.3 is 16.2 Å². The van der Waals surface area contributed by atoms with Crippen molar-refractivity contribution in [3.63, 3.8) is 0 Å². The number of rotatable bonds is 5. The van der Waals surface area contributed by atoms with E-state index in [1.165, 1.54) is 0 Å². The zero-order valence-corrected chi connectivity index (χ0v) is 12.1. The summed E-state index contributed by atoms with van der Waals surface area (Å²) in [6.45, 7) is 5.76. The summed E-state index contributed by atoms with van der Waals surface area (Å²) < 4.78 is 0. The molecule has 0 aliphatic heterocycles. The molecule has 0 heterocycles. The van der Waals surface area contributed by atoms with Gasteiger partial charge in [0.1, 0.15) is 6.04 Å². The third kappa shape index (κ3) is 4.06. The Balaban J connectivity index is 2.98. The van der Waals surface area contributed by atoms with Crippen molar-refractivity contribution >= 4 is 11.9 Å². The van der Waals surface area contributed by atoms with Crippen molar-refractivity contribution in [3.8, 4) is 0 Å². The van der Waals surface area contributed by atoms with Gasteiger partial charge in [-0.2, -0.15) is 0 Å². The Bertz CT molecular complexity index is 492. The Hall–Kier alpha value is -1.88. The van der Waals surface area contributed by atoms with Crippen molar-refractivity contribution in [1.82, 2.24) is 5.32 Å². The fourth-order valence-electron chi connectivity index (χ4n) is 1.97. The average molecular weight is 278 g/mol. The summed E-state index contributed by atoms with van der Waals surface area (Å²) in [6, 6.07) is 6.15. The first kappa shape index (κ1) is 16.2. The van der Waals surface area contributed by atoms with Crippen LogP contribution in [0.1, 0.15) is 36.7 Å². The molecule has 0 fully saturated rings. The van der Waals surface area contributed by atoms with Crippen LogP contribution in [0.5, 0.6) is 0 Å². The van der Waals surface area contributed by atoms with Gasteiger partial charge in [-0.1, -0.05) is 39.0 Å². The Morgan fingerprint density at radius 2 is 1.90 bits per heavy atom. The van der Waals surface area contributed by atoms with E-state index in [0.717, 1.165) is 5.56 Å². The van der Waals surface area contributed by atoms with Gasteiger partial charge in [-0.05, 0) is 30.0 Å². The summed E-state index contributed by atoms with van der Waals surface area (Å²) in [5, 5.41) is 11.8. The molecule has 5 heteroatoms. The molecule has 0 bridgehead atoms. The Kier molecular flexibility index (Phi) is 5.27. The van der Waals surface area contributed by atoms with E-state index < -0.39 is 17.4 Å². The molecule has 0 aromatic heterocycles. The zero-order chi connectivity index (χ0) is 15.3. The van der Waals surface area contributed by atoms with Crippen molar-refractivity contribution in [2.75, 3.05) is 6.54 Å². The SMILES string of the molecule is CC(C)(C)[C@@H](NC(=O)c1ccccc1CCN)C(=O)O. The number of hydrogen-bond donors (Lipinski definition) is 3. The van der Waals surface area contributed by atoms with Gasteiger partial charge in [0.2, 0.25) is 0 Å². The number of carboxylic acid groups (broad SMARTS) is 1. The standard InChI is InChI=1S/C15H22N2O3/c1-15(2,3)12(14(19)20)17-13(18)11-7-5-4-6-10(11)8-9-16/h4-7,12H,8-9,16H2,1-3H3,(H,17,18)(H,19,20)/t12-/m0/s1. The molecule has 0 saturated heterocycles.